The van der Waals surface area contributed by atoms with Crippen LogP contribution in [0.5, 0.6) is 11.6 Å². The molecule has 1 amide bonds. The van der Waals surface area contributed by atoms with Crippen LogP contribution in [0, 0.1) is 5.92 Å². The molecule has 1 aromatic heterocycles. The summed E-state index contributed by atoms with van der Waals surface area (Å²) in [4.78, 5) is 31.0. The number of hydrogen-bond donors (Lipinski definition) is 3. The Balaban J connectivity index is 1.32. The number of ether oxygens (including phenoxy) is 1. The number of unbranched alkanes of at least 4 members (excludes halogenated alkanes) is 1. The zero-order chi connectivity index (χ0) is 31.5. The Kier molecular flexibility index (Phi) is 9.09. The van der Waals surface area contributed by atoms with Gasteiger partial charge in [-0.2, -0.15) is 0 Å². The topological polar surface area (TPSA) is 121 Å². The van der Waals surface area contributed by atoms with E-state index in [-0.39, 0.29) is 24.2 Å². The Hall–Kier alpha value is -4.34. The minimum absolute atomic E-state index is 0.0655. The summed E-state index contributed by atoms with van der Waals surface area (Å²) in [5.41, 5.74) is 9.72. The van der Waals surface area contributed by atoms with Crippen LogP contribution in [0.1, 0.15) is 48.8 Å². The van der Waals surface area contributed by atoms with Crippen molar-refractivity contribution in [1.82, 2.24) is 9.47 Å². The first-order valence-corrected chi connectivity index (χ1v) is 16.0. The number of aryl methyl sites for hydroxylation is 1. The molecule has 0 radical (unpaired) electrons. The predicted molar refractivity (Wildman–Crippen MR) is 175 cm³/mol. The second-order valence-electron chi connectivity index (χ2n) is 12.2. The second-order valence-corrected chi connectivity index (χ2v) is 12.2. The van der Waals surface area contributed by atoms with Gasteiger partial charge < -0.3 is 30.2 Å². The number of fused-ring (bicyclic) bond motifs is 2. The van der Waals surface area contributed by atoms with Gasteiger partial charge in [-0.05, 0) is 53.8 Å². The molecule has 4 N–H and O–H groups in total. The molecular weight excluding hydrogens is 568 g/mol. The van der Waals surface area contributed by atoms with Gasteiger partial charge in [0, 0.05) is 67.2 Å². The van der Waals surface area contributed by atoms with E-state index in [9.17, 15) is 19.8 Å². The van der Waals surface area contributed by atoms with Crippen molar-refractivity contribution in [2.75, 3.05) is 31.1 Å². The molecule has 0 aliphatic carbocycles. The zero-order valence-electron chi connectivity index (χ0n) is 25.8. The number of aromatic hydroxyl groups is 1. The number of amides is 1. The van der Waals surface area contributed by atoms with Crippen LogP contribution >= 0.6 is 0 Å². The summed E-state index contributed by atoms with van der Waals surface area (Å²) in [6, 6.07) is 21.0. The lowest BCUT2D eigenvalue weighted by Gasteiger charge is -2.30. The number of rotatable bonds is 12. The fraction of sp³-hybridized carbons (Fsp3) is 0.389. The summed E-state index contributed by atoms with van der Waals surface area (Å²) in [5, 5.41) is 23.3. The van der Waals surface area contributed by atoms with Crippen LogP contribution in [-0.2, 0) is 29.1 Å². The molecule has 9 heteroatoms. The number of nitrogens with two attached hydrogens (primary N) is 1. The molecule has 6 rings (SSSR count). The van der Waals surface area contributed by atoms with Gasteiger partial charge in [-0.25, -0.2) is 0 Å². The maximum Gasteiger partial charge on any atom is 0.308 e. The predicted octanol–water partition coefficient (Wildman–Crippen LogP) is 5.13. The number of nitrogens with zero attached hydrogens (tertiary/aromatic N) is 3. The number of carbonyl (C=O) groups excluding carboxylic acids is 1. The largest absolute Gasteiger partial charge is 0.494 e. The van der Waals surface area contributed by atoms with Crippen LogP contribution in [0.4, 0.5) is 5.69 Å². The Morgan fingerprint density at radius 2 is 1.93 bits per heavy atom. The molecule has 0 bridgehead atoms. The maximum atomic E-state index is 14.1. The summed E-state index contributed by atoms with van der Waals surface area (Å²) < 4.78 is 7.50. The molecule has 3 heterocycles. The first-order chi connectivity index (χ1) is 21.9. The van der Waals surface area contributed by atoms with Crippen LogP contribution < -0.4 is 15.4 Å². The van der Waals surface area contributed by atoms with E-state index < -0.39 is 17.9 Å². The van der Waals surface area contributed by atoms with Crippen molar-refractivity contribution in [3.63, 3.8) is 0 Å². The van der Waals surface area contributed by atoms with Crippen molar-refractivity contribution >= 4 is 28.3 Å². The molecule has 9 nitrogen and oxygen atoms in total. The highest BCUT2D eigenvalue weighted by molar-refractivity contribution is 5.95. The van der Waals surface area contributed by atoms with Crippen molar-refractivity contribution in [2.45, 2.75) is 57.7 Å². The maximum absolute atomic E-state index is 14.1. The third-order valence-electron chi connectivity index (χ3n) is 9.44. The van der Waals surface area contributed by atoms with Crippen molar-refractivity contribution in [2.24, 2.45) is 11.7 Å². The number of likely N-dealkylation sites (tertiary alicyclic amines) is 1. The summed E-state index contributed by atoms with van der Waals surface area (Å²) in [6.45, 7) is 4.63. The Labute approximate surface area is 263 Å². The fourth-order valence-electron chi connectivity index (χ4n) is 7.09. The smallest absolute Gasteiger partial charge is 0.308 e. The first kappa shape index (κ1) is 30.7. The third-order valence-corrected chi connectivity index (χ3v) is 9.44. The number of hydrogen-bond acceptors (Lipinski definition) is 6. The lowest BCUT2D eigenvalue weighted by Crippen LogP contribution is -2.45. The number of aromatic nitrogens is 1. The number of carboxylic acid groups (broad SMARTS) is 1. The highest BCUT2D eigenvalue weighted by atomic mass is 16.5. The minimum Gasteiger partial charge on any atom is -0.494 e. The average Bonchev–Trinajstić information content (AvgIpc) is 3.75. The third kappa shape index (κ3) is 6.28. The van der Waals surface area contributed by atoms with E-state index in [0.29, 0.717) is 39.2 Å². The minimum atomic E-state index is -0.878. The molecule has 2 aliphatic heterocycles. The van der Waals surface area contributed by atoms with Crippen molar-refractivity contribution < 1.29 is 24.5 Å². The van der Waals surface area contributed by atoms with Gasteiger partial charge in [0.15, 0.2) is 5.88 Å². The van der Waals surface area contributed by atoms with E-state index in [1.165, 1.54) is 0 Å². The summed E-state index contributed by atoms with van der Waals surface area (Å²) >= 11 is 0. The molecule has 1 saturated heterocycles. The summed E-state index contributed by atoms with van der Waals surface area (Å²) in [5.74, 6) is -0.947. The lowest BCUT2D eigenvalue weighted by molar-refractivity contribution is -0.143. The molecule has 0 spiro atoms. The molecule has 4 aromatic rings. The van der Waals surface area contributed by atoms with Crippen molar-refractivity contribution in [3.05, 3.63) is 89.6 Å². The van der Waals surface area contributed by atoms with Crippen LogP contribution in [0.25, 0.3) is 10.8 Å². The Morgan fingerprint density at radius 3 is 2.71 bits per heavy atom. The summed E-state index contributed by atoms with van der Waals surface area (Å²) in [6.07, 6.45) is 4.95. The van der Waals surface area contributed by atoms with Gasteiger partial charge in [-0.3, -0.25) is 14.5 Å². The normalized spacial score (nSPS) is 19.5. The number of anilines is 1. The molecule has 1 fully saturated rings. The second kappa shape index (κ2) is 13.3. The lowest BCUT2D eigenvalue weighted by atomic mass is 9.83. The molecule has 3 atom stereocenters. The van der Waals surface area contributed by atoms with Gasteiger partial charge in [0.1, 0.15) is 5.75 Å². The van der Waals surface area contributed by atoms with E-state index >= 15 is 0 Å². The van der Waals surface area contributed by atoms with Crippen LogP contribution in [0.15, 0.2) is 72.9 Å². The number of aliphatic carboxylic acids is 1. The summed E-state index contributed by atoms with van der Waals surface area (Å²) in [7, 11) is 0. The molecule has 0 saturated carbocycles. The number of carbonyl (C=O) groups is 2. The molecule has 2 aliphatic rings. The first-order valence-electron chi connectivity index (χ1n) is 16.0. The SMILES string of the molecule is CCCCN(C(=O)CN1C[C@H](c2ccc3c(c2)CCO3)C(C(=O)O)[C@@H]1CCn1cc2ccccc2c1O)c1cccc(CN)c1. The molecular formula is C36H42N4O5. The standard InChI is InChI=1S/C36H42N4O5/c1-2-3-15-40(28-9-6-7-24(18-28)20-37)33(41)23-39-22-30(25-11-12-32-26(19-25)14-17-45-32)34(36(43)44)31(39)13-16-38-21-27-8-4-5-10-29(27)35(38)42/h4-12,18-19,21,30-31,34,42H,2-3,13-17,20,22-23,37H2,1H3,(H,43,44)/t30-,31+,34?/m1/s1. The Bertz CT molecular complexity index is 1680. The van der Waals surface area contributed by atoms with Crippen LogP contribution in [0.3, 0.4) is 0 Å². The van der Waals surface area contributed by atoms with E-state index in [1.54, 1.807) is 4.57 Å². The fourth-order valence-corrected chi connectivity index (χ4v) is 7.09. The van der Waals surface area contributed by atoms with E-state index in [4.69, 9.17) is 10.5 Å². The molecule has 1 unspecified atom stereocenters. The van der Waals surface area contributed by atoms with Gasteiger partial charge >= 0.3 is 5.97 Å². The number of carboxylic acids is 1. The van der Waals surface area contributed by atoms with Crippen LogP contribution in [0.2, 0.25) is 0 Å². The number of benzene rings is 3. The van der Waals surface area contributed by atoms with E-state index in [2.05, 4.69) is 17.9 Å². The van der Waals surface area contributed by atoms with Crippen molar-refractivity contribution in [1.29, 1.82) is 0 Å². The molecule has 3 aromatic carbocycles. The molecule has 45 heavy (non-hydrogen) atoms. The quantitative estimate of drug-likeness (QED) is 0.203. The van der Waals surface area contributed by atoms with Gasteiger partial charge in [0.05, 0.1) is 19.1 Å². The monoisotopic (exact) mass is 610 g/mol. The molecule has 236 valence electrons. The van der Waals surface area contributed by atoms with E-state index in [0.717, 1.165) is 58.2 Å². The highest BCUT2D eigenvalue weighted by Crippen LogP contribution is 2.41. The van der Waals surface area contributed by atoms with Gasteiger partial charge in [0.25, 0.3) is 0 Å². The van der Waals surface area contributed by atoms with Gasteiger partial charge in [-0.15, -0.1) is 0 Å². The van der Waals surface area contributed by atoms with Gasteiger partial charge in [0.2, 0.25) is 5.91 Å². The Morgan fingerprint density at radius 1 is 1.09 bits per heavy atom. The highest BCUT2D eigenvalue weighted by Gasteiger charge is 2.47. The zero-order valence-corrected chi connectivity index (χ0v) is 25.8. The van der Waals surface area contributed by atoms with E-state index in [1.807, 2.05) is 71.8 Å². The average molecular weight is 611 g/mol. The van der Waals surface area contributed by atoms with Crippen LogP contribution in [-0.4, -0.2) is 63.8 Å². The van der Waals surface area contributed by atoms with Gasteiger partial charge in [-0.1, -0.05) is 55.8 Å². The van der Waals surface area contributed by atoms with Crippen molar-refractivity contribution in [3.8, 4) is 11.6 Å².